The van der Waals surface area contributed by atoms with E-state index in [-0.39, 0.29) is 6.04 Å². The van der Waals surface area contributed by atoms with Crippen molar-refractivity contribution in [1.29, 1.82) is 0 Å². The Morgan fingerprint density at radius 2 is 2.00 bits per heavy atom. The minimum absolute atomic E-state index is 0.254. The van der Waals surface area contributed by atoms with Gasteiger partial charge in [0.15, 0.2) is 0 Å². The molecule has 2 aromatic rings. The summed E-state index contributed by atoms with van der Waals surface area (Å²) in [6.07, 6.45) is 2.73. The van der Waals surface area contributed by atoms with E-state index in [2.05, 4.69) is 35.4 Å². The molecule has 1 heterocycles. The summed E-state index contributed by atoms with van der Waals surface area (Å²) >= 11 is 6.08. The molecule has 0 amide bonds. The van der Waals surface area contributed by atoms with Gasteiger partial charge in [-0.2, -0.15) is 0 Å². The van der Waals surface area contributed by atoms with Crippen molar-refractivity contribution in [2.75, 3.05) is 7.05 Å². The van der Waals surface area contributed by atoms with Crippen molar-refractivity contribution < 1.29 is 0 Å². The molecule has 1 atom stereocenters. The fraction of sp³-hybridized carbons (Fsp3) is 0.312. The molecule has 1 aromatic heterocycles. The molecule has 0 fully saturated rings. The number of aryl methyl sites for hydroxylation is 2. The molecule has 0 spiro atoms. The molecule has 3 heteroatoms. The van der Waals surface area contributed by atoms with Gasteiger partial charge in [-0.1, -0.05) is 29.8 Å². The Labute approximate surface area is 119 Å². The number of nitrogens with zero attached hydrogens (tertiary/aromatic N) is 1. The van der Waals surface area contributed by atoms with Crippen LogP contribution in [-0.4, -0.2) is 12.0 Å². The van der Waals surface area contributed by atoms with Gasteiger partial charge in [-0.25, -0.2) is 0 Å². The minimum atomic E-state index is 0.254. The number of nitrogens with one attached hydrogen (secondary N) is 1. The third-order valence-corrected chi connectivity index (χ3v) is 3.87. The van der Waals surface area contributed by atoms with Crippen molar-refractivity contribution in [3.8, 4) is 0 Å². The summed E-state index contributed by atoms with van der Waals surface area (Å²) in [5, 5.41) is 4.17. The van der Waals surface area contributed by atoms with Crippen LogP contribution in [0.4, 0.5) is 0 Å². The summed E-state index contributed by atoms with van der Waals surface area (Å²) in [6.45, 7) is 4.13. The van der Waals surface area contributed by atoms with E-state index in [1.807, 2.05) is 32.3 Å². The smallest absolute Gasteiger partial charge is 0.0451 e. The Morgan fingerprint density at radius 1 is 1.21 bits per heavy atom. The molecule has 0 aliphatic rings. The van der Waals surface area contributed by atoms with Crippen molar-refractivity contribution in [2.45, 2.75) is 26.3 Å². The number of hydrogen-bond acceptors (Lipinski definition) is 2. The van der Waals surface area contributed by atoms with E-state index in [1.165, 1.54) is 11.1 Å². The quantitative estimate of drug-likeness (QED) is 0.916. The minimum Gasteiger partial charge on any atom is -0.313 e. The van der Waals surface area contributed by atoms with Crippen LogP contribution in [0.2, 0.25) is 5.02 Å². The fourth-order valence-corrected chi connectivity index (χ4v) is 2.31. The van der Waals surface area contributed by atoms with Gasteiger partial charge in [0.05, 0.1) is 0 Å². The monoisotopic (exact) mass is 274 g/mol. The van der Waals surface area contributed by atoms with Gasteiger partial charge in [0.25, 0.3) is 0 Å². The summed E-state index contributed by atoms with van der Waals surface area (Å²) in [5.74, 6) is 0. The normalized spacial score (nSPS) is 12.4. The molecule has 0 radical (unpaired) electrons. The van der Waals surface area contributed by atoms with Gasteiger partial charge in [-0.05, 0) is 49.7 Å². The van der Waals surface area contributed by atoms with Crippen LogP contribution in [0.3, 0.4) is 0 Å². The lowest BCUT2D eigenvalue weighted by Crippen LogP contribution is -2.20. The van der Waals surface area contributed by atoms with Gasteiger partial charge >= 0.3 is 0 Å². The molecule has 0 bridgehead atoms. The molecular formula is C16H19ClN2. The summed E-state index contributed by atoms with van der Waals surface area (Å²) in [5.41, 5.74) is 4.72. The highest BCUT2D eigenvalue weighted by molar-refractivity contribution is 6.31. The first-order valence-electron chi connectivity index (χ1n) is 6.45. The molecule has 0 saturated heterocycles. The third-order valence-electron chi connectivity index (χ3n) is 3.45. The molecule has 0 saturated carbocycles. The lowest BCUT2D eigenvalue weighted by Gasteiger charge is -2.18. The van der Waals surface area contributed by atoms with E-state index in [0.29, 0.717) is 0 Å². The molecule has 100 valence electrons. The number of halogens is 1. The number of likely N-dealkylation sites (N-methyl/N-ethyl adjacent to an activating group) is 1. The SMILES string of the molecule is CNC(Cc1ncccc1C)c1ccc(Cl)c(C)c1. The molecular weight excluding hydrogens is 256 g/mol. The van der Waals surface area contributed by atoms with E-state index in [4.69, 9.17) is 11.6 Å². The Balaban J connectivity index is 2.25. The molecule has 1 N–H and O–H groups in total. The Morgan fingerprint density at radius 3 is 2.63 bits per heavy atom. The molecule has 0 aliphatic heterocycles. The van der Waals surface area contributed by atoms with Gasteiger partial charge in [0, 0.05) is 29.4 Å². The average molecular weight is 275 g/mol. The molecule has 2 nitrogen and oxygen atoms in total. The van der Waals surface area contributed by atoms with E-state index < -0.39 is 0 Å². The van der Waals surface area contributed by atoms with Crippen molar-refractivity contribution >= 4 is 11.6 Å². The van der Waals surface area contributed by atoms with Crippen LogP contribution in [0, 0.1) is 13.8 Å². The van der Waals surface area contributed by atoms with Gasteiger partial charge in [-0.15, -0.1) is 0 Å². The highest BCUT2D eigenvalue weighted by Crippen LogP contribution is 2.23. The van der Waals surface area contributed by atoms with E-state index in [0.717, 1.165) is 22.7 Å². The molecule has 1 aromatic carbocycles. The number of pyridine rings is 1. The van der Waals surface area contributed by atoms with Crippen LogP contribution >= 0.6 is 11.6 Å². The summed E-state index contributed by atoms with van der Waals surface area (Å²) in [6, 6.07) is 10.5. The van der Waals surface area contributed by atoms with Crippen LogP contribution in [0.25, 0.3) is 0 Å². The molecule has 2 rings (SSSR count). The maximum atomic E-state index is 6.08. The summed E-state index contributed by atoms with van der Waals surface area (Å²) in [7, 11) is 1.98. The zero-order valence-corrected chi connectivity index (χ0v) is 12.3. The van der Waals surface area contributed by atoms with Gasteiger partial charge < -0.3 is 5.32 Å². The largest absolute Gasteiger partial charge is 0.313 e. The number of benzene rings is 1. The first-order valence-corrected chi connectivity index (χ1v) is 6.83. The molecule has 19 heavy (non-hydrogen) atoms. The van der Waals surface area contributed by atoms with Gasteiger partial charge in [-0.3, -0.25) is 4.98 Å². The zero-order valence-electron chi connectivity index (χ0n) is 11.6. The lowest BCUT2D eigenvalue weighted by molar-refractivity contribution is 0.582. The van der Waals surface area contributed by atoms with Crippen LogP contribution in [-0.2, 0) is 6.42 Å². The van der Waals surface area contributed by atoms with Crippen LogP contribution in [0.5, 0.6) is 0 Å². The lowest BCUT2D eigenvalue weighted by atomic mass is 9.98. The Hall–Kier alpha value is -1.38. The van der Waals surface area contributed by atoms with E-state index in [9.17, 15) is 0 Å². The Bertz CT molecular complexity index is 566. The summed E-state index contributed by atoms with van der Waals surface area (Å²) in [4.78, 5) is 4.47. The van der Waals surface area contributed by atoms with Crippen molar-refractivity contribution in [2.24, 2.45) is 0 Å². The van der Waals surface area contributed by atoms with Crippen LogP contribution in [0.15, 0.2) is 36.5 Å². The summed E-state index contributed by atoms with van der Waals surface area (Å²) < 4.78 is 0. The van der Waals surface area contributed by atoms with Gasteiger partial charge in [0.1, 0.15) is 0 Å². The zero-order chi connectivity index (χ0) is 13.8. The first kappa shape index (κ1) is 14.0. The van der Waals surface area contributed by atoms with Crippen LogP contribution in [0.1, 0.15) is 28.4 Å². The van der Waals surface area contributed by atoms with Crippen molar-refractivity contribution in [3.63, 3.8) is 0 Å². The predicted molar refractivity (Wildman–Crippen MR) is 80.7 cm³/mol. The second-order valence-electron chi connectivity index (χ2n) is 4.82. The molecule has 0 aliphatic carbocycles. The third kappa shape index (κ3) is 3.34. The second kappa shape index (κ2) is 6.18. The number of rotatable bonds is 4. The maximum absolute atomic E-state index is 6.08. The topological polar surface area (TPSA) is 24.9 Å². The predicted octanol–water partition coefficient (Wildman–Crippen LogP) is 3.86. The maximum Gasteiger partial charge on any atom is 0.0451 e. The standard InChI is InChI=1S/C16H19ClN2/c1-11-5-4-8-19-15(11)10-16(18-3)13-6-7-14(17)12(2)9-13/h4-9,16,18H,10H2,1-3H3. The van der Waals surface area contributed by atoms with Crippen LogP contribution < -0.4 is 5.32 Å². The molecule has 1 unspecified atom stereocenters. The average Bonchev–Trinajstić information content (AvgIpc) is 2.41. The fourth-order valence-electron chi connectivity index (χ4n) is 2.20. The number of aromatic nitrogens is 1. The highest BCUT2D eigenvalue weighted by atomic mass is 35.5. The van der Waals surface area contributed by atoms with E-state index >= 15 is 0 Å². The first-order chi connectivity index (χ1) is 9.11. The van der Waals surface area contributed by atoms with Gasteiger partial charge in [0.2, 0.25) is 0 Å². The van der Waals surface area contributed by atoms with Crippen molar-refractivity contribution in [3.05, 3.63) is 63.9 Å². The second-order valence-corrected chi connectivity index (χ2v) is 5.23. The number of hydrogen-bond donors (Lipinski definition) is 1. The highest BCUT2D eigenvalue weighted by Gasteiger charge is 2.13. The Kier molecular flexibility index (Phi) is 4.56. The van der Waals surface area contributed by atoms with Crippen molar-refractivity contribution in [1.82, 2.24) is 10.3 Å². The van der Waals surface area contributed by atoms with E-state index in [1.54, 1.807) is 0 Å².